The van der Waals surface area contributed by atoms with Gasteiger partial charge >= 0.3 is 0 Å². The molecule has 1 saturated carbocycles. The number of nitrogens with one attached hydrogen (secondary N) is 1. The highest BCUT2D eigenvalue weighted by Crippen LogP contribution is 2.23. The standard InChI is InChI=1S/C18H22BrN5O/c1-12(22-13-5-7-14(25)8-6-13)23-18(9-10-20)24-17-4-2-3-16(19)15(17)11-21-24/h2-4,9-11,13-14,22,25H,1,5-8,20H2/b10-9-,23-18+/t13-,14-. The highest BCUT2D eigenvalue weighted by Gasteiger charge is 2.19. The number of rotatable bonds is 4. The molecule has 0 unspecified atom stereocenters. The van der Waals surface area contributed by atoms with Gasteiger partial charge in [-0.3, -0.25) is 0 Å². The molecule has 1 aromatic heterocycles. The largest absolute Gasteiger partial charge is 0.404 e. The fourth-order valence-corrected chi connectivity index (χ4v) is 3.52. The second-order valence-corrected chi connectivity index (χ2v) is 7.01. The van der Waals surface area contributed by atoms with E-state index in [0.717, 1.165) is 41.1 Å². The molecule has 0 bridgehead atoms. The number of fused-ring (bicyclic) bond motifs is 1. The van der Waals surface area contributed by atoms with E-state index in [2.05, 4.69) is 37.9 Å². The highest BCUT2D eigenvalue weighted by molar-refractivity contribution is 9.10. The van der Waals surface area contributed by atoms with Crippen molar-refractivity contribution in [3.8, 4) is 0 Å². The number of allylic oxidation sites excluding steroid dienone is 1. The molecular weight excluding hydrogens is 382 g/mol. The summed E-state index contributed by atoms with van der Waals surface area (Å²) in [6.07, 6.45) is 8.19. The SMILES string of the molecule is C=C(/N=C(\C=C/N)n1ncc2c(Br)cccc21)N[C@H]1CC[C@H](O)CC1. The maximum Gasteiger partial charge on any atom is 0.157 e. The summed E-state index contributed by atoms with van der Waals surface area (Å²) in [6.45, 7) is 4.01. The first-order valence-electron chi connectivity index (χ1n) is 8.31. The van der Waals surface area contributed by atoms with Crippen LogP contribution in [-0.4, -0.2) is 32.9 Å². The molecule has 0 aliphatic heterocycles. The van der Waals surface area contributed by atoms with Gasteiger partial charge in [0.25, 0.3) is 0 Å². The average Bonchev–Trinajstić information content (AvgIpc) is 3.02. The van der Waals surface area contributed by atoms with E-state index in [4.69, 9.17) is 5.73 Å². The summed E-state index contributed by atoms with van der Waals surface area (Å²) in [5.74, 6) is 1.15. The first-order chi connectivity index (χ1) is 12.1. The molecule has 4 N–H and O–H groups in total. The molecule has 0 amide bonds. The summed E-state index contributed by atoms with van der Waals surface area (Å²) in [7, 11) is 0. The molecule has 1 aliphatic rings. The van der Waals surface area contributed by atoms with Crippen LogP contribution >= 0.6 is 15.9 Å². The minimum absolute atomic E-state index is 0.181. The second kappa shape index (κ2) is 7.84. The molecule has 0 saturated heterocycles. The predicted molar refractivity (Wildman–Crippen MR) is 104 cm³/mol. The molecular formula is C18H22BrN5O. The van der Waals surface area contributed by atoms with Crippen LogP contribution in [0.3, 0.4) is 0 Å². The van der Waals surface area contributed by atoms with Crippen molar-refractivity contribution in [2.45, 2.75) is 37.8 Å². The fraction of sp³-hybridized carbons (Fsp3) is 0.333. The van der Waals surface area contributed by atoms with Crippen LogP contribution in [0.4, 0.5) is 0 Å². The van der Waals surface area contributed by atoms with Gasteiger partial charge in [0.1, 0.15) is 5.82 Å². The molecule has 1 aromatic carbocycles. The Morgan fingerprint density at radius 3 is 2.88 bits per heavy atom. The molecule has 1 heterocycles. The summed E-state index contributed by atoms with van der Waals surface area (Å²) < 4.78 is 2.71. The number of aliphatic hydroxyl groups is 1. The van der Waals surface area contributed by atoms with E-state index in [1.54, 1.807) is 17.0 Å². The van der Waals surface area contributed by atoms with E-state index in [-0.39, 0.29) is 12.1 Å². The molecule has 1 fully saturated rings. The van der Waals surface area contributed by atoms with Crippen molar-refractivity contribution in [2.75, 3.05) is 0 Å². The van der Waals surface area contributed by atoms with Gasteiger partial charge < -0.3 is 16.2 Å². The lowest BCUT2D eigenvalue weighted by molar-refractivity contribution is 0.118. The lowest BCUT2D eigenvalue weighted by atomic mass is 9.93. The first-order valence-corrected chi connectivity index (χ1v) is 9.11. The van der Waals surface area contributed by atoms with Gasteiger partial charge in [-0.05, 0) is 50.1 Å². The van der Waals surface area contributed by atoms with Crippen molar-refractivity contribution >= 4 is 32.7 Å². The van der Waals surface area contributed by atoms with E-state index in [1.807, 2.05) is 18.2 Å². The molecule has 132 valence electrons. The fourth-order valence-electron chi connectivity index (χ4n) is 3.07. The lowest BCUT2D eigenvalue weighted by Gasteiger charge is -2.26. The van der Waals surface area contributed by atoms with Crippen LogP contribution < -0.4 is 11.1 Å². The summed E-state index contributed by atoms with van der Waals surface area (Å²) in [6, 6.07) is 6.19. The number of aliphatic hydroxyl groups excluding tert-OH is 1. The molecule has 2 aromatic rings. The molecule has 1 aliphatic carbocycles. The molecule has 7 heteroatoms. The zero-order valence-corrected chi connectivity index (χ0v) is 15.5. The van der Waals surface area contributed by atoms with Crippen LogP contribution in [0.25, 0.3) is 10.9 Å². The number of hydrogen-bond donors (Lipinski definition) is 3. The van der Waals surface area contributed by atoms with Crippen molar-refractivity contribution < 1.29 is 5.11 Å². The van der Waals surface area contributed by atoms with Gasteiger partial charge in [-0.2, -0.15) is 5.10 Å². The Balaban J connectivity index is 1.83. The van der Waals surface area contributed by atoms with Gasteiger partial charge in [0.2, 0.25) is 0 Å². The highest BCUT2D eigenvalue weighted by atomic mass is 79.9. The van der Waals surface area contributed by atoms with Crippen molar-refractivity contribution in [3.63, 3.8) is 0 Å². The van der Waals surface area contributed by atoms with Gasteiger partial charge in [0.05, 0.1) is 17.8 Å². The van der Waals surface area contributed by atoms with Gasteiger partial charge in [-0.15, -0.1) is 0 Å². The van der Waals surface area contributed by atoms with Gasteiger partial charge in [-0.1, -0.05) is 28.6 Å². The summed E-state index contributed by atoms with van der Waals surface area (Å²) >= 11 is 3.53. The van der Waals surface area contributed by atoms with E-state index < -0.39 is 0 Å². The van der Waals surface area contributed by atoms with Crippen LogP contribution in [0, 0.1) is 0 Å². The Labute approximate surface area is 155 Å². The van der Waals surface area contributed by atoms with Gasteiger partial charge in [0, 0.05) is 15.9 Å². The number of aliphatic imine (C=N–C) groups is 1. The third-order valence-corrected chi connectivity index (χ3v) is 5.03. The normalized spacial score (nSPS) is 21.8. The maximum atomic E-state index is 9.61. The number of nitrogens with two attached hydrogens (primary N) is 1. The smallest absolute Gasteiger partial charge is 0.157 e. The molecule has 0 atom stereocenters. The molecule has 0 spiro atoms. The Kier molecular flexibility index (Phi) is 5.55. The zero-order valence-electron chi connectivity index (χ0n) is 13.9. The summed E-state index contributed by atoms with van der Waals surface area (Å²) in [5.41, 5.74) is 6.53. The van der Waals surface area contributed by atoms with Crippen LogP contribution in [0.1, 0.15) is 25.7 Å². The van der Waals surface area contributed by atoms with Crippen molar-refractivity contribution in [3.05, 3.63) is 53.5 Å². The van der Waals surface area contributed by atoms with Crippen LogP contribution in [0.5, 0.6) is 0 Å². The van der Waals surface area contributed by atoms with Crippen LogP contribution in [0.2, 0.25) is 0 Å². The quantitative estimate of drug-likeness (QED) is 0.540. The first kappa shape index (κ1) is 17.7. The maximum absolute atomic E-state index is 9.61. The molecule has 6 nitrogen and oxygen atoms in total. The van der Waals surface area contributed by atoms with Crippen LogP contribution in [0.15, 0.2) is 58.5 Å². The lowest BCUT2D eigenvalue weighted by Crippen LogP contribution is -2.33. The van der Waals surface area contributed by atoms with Crippen LogP contribution in [-0.2, 0) is 0 Å². The molecule has 3 rings (SSSR count). The third-order valence-electron chi connectivity index (χ3n) is 4.34. The summed E-state index contributed by atoms with van der Waals surface area (Å²) in [4.78, 5) is 4.57. The Hall–Kier alpha value is -2.12. The van der Waals surface area contributed by atoms with Crippen molar-refractivity contribution in [1.29, 1.82) is 0 Å². The van der Waals surface area contributed by atoms with Gasteiger partial charge in [-0.25, -0.2) is 9.67 Å². The monoisotopic (exact) mass is 403 g/mol. The van der Waals surface area contributed by atoms with E-state index >= 15 is 0 Å². The minimum atomic E-state index is -0.181. The van der Waals surface area contributed by atoms with E-state index in [1.165, 1.54) is 6.20 Å². The third kappa shape index (κ3) is 4.11. The number of benzene rings is 1. The average molecular weight is 404 g/mol. The Morgan fingerprint density at radius 2 is 2.16 bits per heavy atom. The Morgan fingerprint density at radius 1 is 1.40 bits per heavy atom. The van der Waals surface area contributed by atoms with E-state index in [0.29, 0.717) is 11.7 Å². The van der Waals surface area contributed by atoms with Crippen molar-refractivity contribution in [2.24, 2.45) is 10.7 Å². The Bertz CT molecular complexity index is 818. The van der Waals surface area contributed by atoms with E-state index in [9.17, 15) is 5.11 Å². The van der Waals surface area contributed by atoms with Gasteiger partial charge in [0.15, 0.2) is 5.84 Å². The summed E-state index contributed by atoms with van der Waals surface area (Å²) in [5, 5.41) is 18.4. The minimum Gasteiger partial charge on any atom is -0.404 e. The molecule has 0 radical (unpaired) electrons. The number of hydrogen-bond acceptors (Lipinski definition) is 5. The topological polar surface area (TPSA) is 88.5 Å². The number of halogens is 1. The molecule has 25 heavy (non-hydrogen) atoms. The zero-order chi connectivity index (χ0) is 17.8. The van der Waals surface area contributed by atoms with Crippen molar-refractivity contribution in [1.82, 2.24) is 15.1 Å². The number of aromatic nitrogens is 2. The second-order valence-electron chi connectivity index (χ2n) is 6.15. The predicted octanol–water partition coefficient (Wildman–Crippen LogP) is 2.88. The number of nitrogens with zero attached hydrogens (tertiary/aromatic N) is 3.